The molecular formula is C16H16Cl2Zr. The van der Waals surface area contributed by atoms with Crippen LogP contribution in [0.5, 0.6) is 0 Å². The first kappa shape index (κ1) is 21.1. The van der Waals surface area contributed by atoms with Crippen molar-refractivity contribution >= 4 is 10.8 Å². The number of hydrogen-bond acceptors (Lipinski definition) is 0. The van der Waals surface area contributed by atoms with Gasteiger partial charge in [-0.05, 0) is 6.92 Å². The van der Waals surface area contributed by atoms with E-state index in [0.29, 0.717) is 0 Å². The first-order valence-corrected chi connectivity index (χ1v) is 5.62. The molecule has 0 atom stereocenters. The molecule has 0 bridgehead atoms. The minimum absolute atomic E-state index is 0. The van der Waals surface area contributed by atoms with E-state index in [1.165, 1.54) is 21.9 Å². The van der Waals surface area contributed by atoms with Crippen LogP contribution < -0.4 is 24.8 Å². The normalized spacial score (nSPS) is 10.8. The summed E-state index contributed by atoms with van der Waals surface area (Å²) in [5.74, 6) is 0. The van der Waals surface area contributed by atoms with Crippen molar-refractivity contribution in [2.24, 2.45) is 0 Å². The number of rotatable bonds is 0. The van der Waals surface area contributed by atoms with Crippen molar-refractivity contribution in [2.45, 2.75) is 20.3 Å². The molecule has 0 amide bonds. The molecule has 0 aliphatic heterocycles. The van der Waals surface area contributed by atoms with Crippen LogP contribution in [0.2, 0.25) is 0 Å². The average molecular weight is 370 g/mol. The molecule has 0 spiro atoms. The molecule has 2 aromatic carbocycles. The minimum Gasteiger partial charge on any atom is -1.00 e. The van der Waals surface area contributed by atoms with E-state index in [4.69, 9.17) is 0 Å². The summed E-state index contributed by atoms with van der Waals surface area (Å²) in [7, 11) is 0. The number of halogens is 2. The first-order valence-electron chi connectivity index (χ1n) is 5.62. The maximum atomic E-state index is 2.99. The van der Waals surface area contributed by atoms with Gasteiger partial charge in [0.2, 0.25) is 0 Å². The molecule has 1 aliphatic carbocycles. The number of aryl methyl sites for hydroxylation is 2. The van der Waals surface area contributed by atoms with Crippen molar-refractivity contribution < 1.29 is 51.0 Å². The largest absolute Gasteiger partial charge is 4.00 e. The zero-order valence-electron chi connectivity index (χ0n) is 11.1. The van der Waals surface area contributed by atoms with E-state index in [1.807, 2.05) is 12.2 Å². The Kier molecular flexibility index (Phi) is 11.7. The Balaban J connectivity index is 0. The van der Waals surface area contributed by atoms with Crippen LogP contribution >= 0.6 is 0 Å². The van der Waals surface area contributed by atoms with Crippen molar-refractivity contribution in [3.63, 3.8) is 0 Å². The molecule has 0 saturated heterocycles. The van der Waals surface area contributed by atoms with Gasteiger partial charge in [0.05, 0.1) is 0 Å². The fraction of sp³-hybridized carbons (Fsp3) is 0.188. The summed E-state index contributed by atoms with van der Waals surface area (Å²) in [5, 5.41) is 2.75. The van der Waals surface area contributed by atoms with Gasteiger partial charge in [-0.25, -0.2) is 12.2 Å². The Hall–Kier alpha value is -0.227. The zero-order valence-corrected chi connectivity index (χ0v) is 15.1. The fourth-order valence-corrected chi connectivity index (χ4v) is 1.82. The minimum atomic E-state index is 0. The standard InChI is InChI=1S/C11H11.C5H5.2ClH.Zr/c1-8-3-6-11-9(2)4-5-10(11)7-8;1-2-4-5-3-1;;;/h3-7H,1-2H3;1-3H,4H2;2*1H;/q2*-1;;;+4/p-2. The fourth-order valence-electron chi connectivity index (χ4n) is 1.82. The van der Waals surface area contributed by atoms with Crippen LogP contribution in [0.25, 0.3) is 10.8 Å². The molecule has 0 N–H and O–H groups in total. The van der Waals surface area contributed by atoms with E-state index in [2.05, 4.69) is 56.3 Å². The quantitative estimate of drug-likeness (QED) is 0.495. The van der Waals surface area contributed by atoms with Crippen LogP contribution in [-0.2, 0) is 26.2 Å². The average Bonchev–Trinajstić information content (AvgIpc) is 2.92. The Morgan fingerprint density at radius 2 is 1.89 bits per heavy atom. The van der Waals surface area contributed by atoms with Gasteiger partial charge < -0.3 is 24.8 Å². The Morgan fingerprint density at radius 3 is 2.42 bits per heavy atom. The molecular weight excluding hydrogens is 354 g/mol. The molecule has 2 aromatic rings. The van der Waals surface area contributed by atoms with Gasteiger partial charge in [-0.15, -0.1) is 41.0 Å². The van der Waals surface area contributed by atoms with Gasteiger partial charge in [0.15, 0.2) is 0 Å². The van der Waals surface area contributed by atoms with Crippen molar-refractivity contribution in [3.05, 3.63) is 65.8 Å². The molecule has 3 rings (SSSR count). The summed E-state index contributed by atoms with van der Waals surface area (Å²) in [6, 6.07) is 10.9. The maximum absolute atomic E-state index is 2.99. The van der Waals surface area contributed by atoms with Gasteiger partial charge >= 0.3 is 26.2 Å². The second kappa shape index (κ2) is 10.5. The van der Waals surface area contributed by atoms with Gasteiger partial charge in [-0.1, -0.05) is 12.5 Å². The molecule has 0 unspecified atom stereocenters. The van der Waals surface area contributed by atoms with Crippen LogP contribution in [0, 0.1) is 19.9 Å². The predicted octanol–water partition coefficient (Wildman–Crippen LogP) is -1.51. The van der Waals surface area contributed by atoms with Gasteiger partial charge in [-0.2, -0.15) is 18.2 Å². The van der Waals surface area contributed by atoms with Crippen LogP contribution in [0.4, 0.5) is 0 Å². The summed E-state index contributed by atoms with van der Waals surface area (Å²) in [6.45, 7) is 4.28. The first-order chi connectivity index (χ1) is 7.77. The molecule has 1 aliphatic rings. The second-order valence-corrected chi connectivity index (χ2v) is 4.11. The molecule has 0 radical (unpaired) electrons. The molecule has 0 saturated carbocycles. The van der Waals surface area contributed by atoms with E-state index in [9.17, 15) is 0 Å². The SMILES string of the molecule is Cc1ccc2c(cc[c-]2C)c1.[C-]1=CC=CC1.[Cl-].[Cl-].[Zr+4]. The van der Waals surface area contributed by atoms with Gasteiger partial charge in [0.1, 0.15) is 0 Å². The van der Waals surface area contributed by atoms with Gasteiger partial charge in [0, 0.05) is 0 Å². The Labute approximate surface area is 147 Å². The molecule has 0 nitrogen and oxygen atoms in total. The molecule has 19 heavy (non-hydrogen) atoms. The Bertz CT molecular complexity index is 529. The third kappa shape index (κ3) is 6.17. The van der Waals surface area contributed by atoms with Gasteiger partial charge in [-0.3, -0.25) is 6.08 Å². The third-order valence-electron chi connectivity index (χ3n) is 2.73. The van der Waals surface area contributed by atoms with Crippen molar-refractivity contribution in [1.29, 1.82) is 0 Å². The number of allylic oxidation sites excluding steroid dienone is 4. The summed E-state index contributed by atoms with van der Waals surface area (Å²) in [5.41, 5.74) is 2.71. The van der Waals surface area contributed by atoms with Crippen molar-refractivity contribution in [2.75, 3.05) is 0 Å². The maximum Gasteiger partial charge on any atom is 4.00 e. The molecule has 0 fully saturated rings. The summed E-state index contributed by atoms with van der Waals surface area (Å²) >= 11 is 0. The molecule has 0 aromatic heterocycles. The van der Waals surface area contributed by atoms with E-state index in [0.717, 1.165) is 6.42 Å². The summed E-state index contributed by atoms with van der Waals surface area (Å²) < 4.78 is 0. The monoisotopic (exact) mass is 368 g/mol. The van der Waals surface area contributed by atoms with Crippen LogP contribution in [0.1, 0.15) is 17.5 Å². The zero-order chi connectivity index (χ0) is 11.4. The third-order valence-corrected chi connectivity index (χ3v) is 2.73. The van der Waals surface area contributed by atoms with Crippen LogP contribution in [-0.4, -0.2) is 0 Å². The Morgan fingerprint density at radius 1 is 1.16 bits per heavy atom. The molecule has 98 valence electrons. The number of hydrogen-bond donors (Lipinski definition) is 0. The van der Waals surface area contributed by atoms with E-state index in [-0.39, 0.29) is 51.0 Å². The van der Waals surface area contributed by atoms with Crippen LogP contribution in [0.3, 0.4) is 0 Å². The molecule has 0 heterocycles. The smallest absolute Gasteiger partial charge is 1.00 e. The van der Waals surface area contributed by atoms with Crippen LogP contribution in [0.15, 0.2) is 48.6 Å². The van der Waals surface area contributed by atoms with Gasteiger partial charge in [0.25, 0.3) is 0 Å². The van der Waals surface area contributed by atoms with Crippen molar-refractivity contribution in [1.82, 2.24) is 0 Å². The second-order valence-electron chi connectivity index (χ2n) is 4.11. The molecule has 3 heteroatoms. The summed E-state index contributed by atoms with van der Waals surface area (Å²) in [6.07, 6.45) is 10.0. The number of benzene rings is 1. The van der Waals surface area contributed by atoms with E-state index < -0.39 is 0 Å². The van der Waals surface area contributed by atoms with E-state index in [1.54, 1.807) is 0 Å². The van der Waals surface area contributed by atoms with Crippen molar-refractivity contribution in [3.8, 4) is 0 Å². The number of fused-ring (bicyclic) bond motifs is 1. The van der Waals surface area contributed by atoms with E-state index >= 15 is 0 Å². The topological polar surface area (TPSA) is 0 Å². The predicted molar refractivity (Wildman–Crippen MR) is 70.6 cm³/mol. The summed E-state index contributed by atoms with van der Waals surface area (Å²) in [4.78, 5) is 0.